The molecule has 0 atom stereocenters. The van der Waals surface area contributed by atoms with Gasteiger partial charge >= 0.3 is 0 Å². The third-order valence-electron chi connectivity index (χ3n) is 1.45. The van der Waals surface area contributed by atoms with Crippen molar-refractivity contribution in [2.45, 2.75) is 26.3 Å². The summed E-state index contributed by atoms with van der Waals surface area (Å²) >= 11 is 0. The van der Waals surface area contributed by atoms with E-state index in [1.807, 2.05) is 0 Å². The summed E-state index contributed by atoms with van der Waals surface area (Å²) in [7, 11) is 0. The molecule has 0 bridgehead atoms. The third-order valence-corrected chi connectivity index (χ3v) is 1.45. The zero-order chi connectivity index (χ0) is 6.20. The van der Waals surface area contributed by atoms with E-state index in [1.54, 1.807) is 0 Å². The lowest BCUT2D eigenvalue weighted by Gasteiger charge is -2.38. The molecule has 1 heterocycles. The van der Waals surface area contributed by atoms with Gasteiger partial charge in [0.25, 0.3) is 0 Å². The van der Waals surface area contributed by atoms with E-state index in [1.165, 1.54) is 0 Å². The highest BCUT2D eigenvalue weighted by Crippen LogP contribution is 2.17. The summed E-state index contributed by atoms with van der Waals surface area (Å²) in [6.07, 6.45) is 4.31. The minimum atomic E-state index is 0.342. The van der Waals surface area contributed by atoms with E-state index in [2.05, 4.69) is 37.9 Å². The Labute approximate surface area is 51.0 Å². The molecule has 1 aliphatic rings. The van der Waals surface area contributed by atoms with E-state index < -0.39 is 0 Å². The van der Waals surface area contributed by atoms with Gasteiger partial charge in [0.05, 0.1) is 0 Å². The van der Waals surface area contributed by atoms with E-state index in [9.17, 15) is 0 Å². The fourth-order valence-electron chi connectivity index (χ4n) is 0.708. The number of hydrogen-bond donors (Lipinski definition) is 0. The van der Waals surface area contributed by atoms with Crippen LogP contribution in [0.1, 0.15) is 20.8 Å². The first-order valence-electron chi connectivity index (χ1n) is 3.04. The highest BCUT2D eigenvalue weighted by Gasteiger charge is 2.19. The first kappa shape index (κ1) is 5.67. The molecule has 0 fully saturated rings. The maximum Gasteiger partial charge on any atom is 0.0376 e. The lowest BCUT2D eigenvalue weighted by atomic mass is 10.1. The van der Waals surface area contributed by atoms with Gasteiger partial charge in [0.2, 0.25) is 0 Å². The second kappa shape index (κ2) is 1.51. The van der Waals surface area contributed by atoms with Crippen LogP contribution in [-0.4, -0.2) is 17.0 Å². The van der Waals surface area contributed by atoms with Gasteiger partial charge in [0.1, 0.15) is 0 Å². The van der Waals surface area contributed by atoms with Crippen LogP contribution in [0.4, 0.5) is 0 Å². The lowest BCUT2D eigenvalue weighted by molar-refractivity contribution is 0.201. The zero-order valence-electron chi connectivity index (χ0n) is 5.81. The minimum Gasteiger partial charge on any atom is -0.369 e. The normalized spacial score (nSPS) is 18.6. The molecule has 0 unspecified atom stereocenters. The first-order valence-corrected chi connectivity index (χ1v) is 3.04. The molecular formula is C7H13N. The van der Waals surface area contributed by atoms with E-state index in [0.29, 0.717) is 5.54 Å². The molecule has 1 aliphatic heterocycles. The minimum absolute atomic E-state index is 0.342. The highest BCUT2D eigenvalue weighted by molar-refractivity contribution is 5.02. The molecule has 0 saturated heterocycles. The Hall–Kier alpha value is -0.460. The van der Waals surface area contributed by atoms with Crippen molar-refractivity contribution < 1.29 is 0 Å². The fourth-order valence-corrected chi connectivity index (χ4v) is 0.708. The van der Waals surface area contributed by atoms with Crippen LogP contribution in [0.25, 0.3) is 0 Å². The summed E-state index contributed by atoms with van der Waals surface area (Å²) in [6.45, 7) is 7.78. The molecule has 0 aromatic carbocycles. The molecule has 0 radical (unpaired) electrons. The molecule has 8 heavy (non-hydrogen) atoms. The van der Waals surface area contributed by atoms with Crippen LogP contribution in [0, 0.1) is 0 Å². The standard InChI is InChI=1S/C7H13N/c1-7(2,3)8-5-4-6-8/h4-5H,6H2,1-3H3. The summed E-state index contributed by atoms with van der Waals surface area (Å²) < 4.78 is 0. The van der Waals surface area contributed by atoms with Gasteiger partial charge in [-0.1, -0.05) is 0 Å². The average molecular weight is 111 g/mol. The molecule has 1 rings (SSSR count). The summed E-state index contributed by atoms with van der Waals surface area (Å²) in [5, 5.41) is 0. The van der Waals surface area contributed by atoms with Crippen LogP contribution in [0.5, 0.6) is 0 Å². The van der Waals surface area contributed by atoms with Gasteiger partial charge in [-0.25, -0.2) is 0 Å². The van der Waals surface area contributed by atoms with Gasteiger partial charge in [-0.3, -0.25) is 0 Å². The van der Waals surface area contributed by atoms with Gasteiger partial charge in [0.15, 0.2) is 0 Å². The largest absolute Gasteiger partial charge is 0.369 e. The van der Waals surface area contributed by atoms with Crippen molar-refractivity contribution >= 4 is 0 Å². The molecule has 0 N–H and O–H groups in total. The van der Waals surface area contributed by atoms with Crippen molar-refractivity contribution in [3.05, 3.63) is 12.3 Å². The quantitative estimate of drug-likeness (QED) is 0.459. The molecule has 0 saturated carbocycles. The van der Waals surface area contributed by atoms with Crippen LogP contribution in [0.2, 0.25) is 0 Å². The molecule has 0 aliphatic carbocycles. The maximum atomic E-state index is 2.31. The van der Waals surface area contributed by atoms with Gasteiger partial charge < -0.3 is 4.90 Å². The molecule has 1 nitrogen and oxygen atoms in total. The van der Waals surface area contributed by atoms with E-state index in [4.69, 9.17) is 0 Å². The second-order valence-electron chi connectivity index (χ2n) is 3.21. The van der Waals surface area contributed by atoms with Crippen LogP contribution in [0.15, 0.2) is 12.3 Å². The Morgan fingerprint density at radius 1 is 1.38 bits per heavy atom. The number of nitrogens with zero attached hydrogens (tertiary/aromatic N) is 1. The van der Waals surface area contributed by atoms with Crippen molar-refractivity contribution in [3.63, 3.8) is 0 Å². The zero-order valence-corrected chi connectivity index (χ0v) is 5.81. The maximum absolute atomic E-state index is 2.31. The van der Waals surface area contributed by atoms with Gasteiger partial charge in [0, 0.05) is 12.1 Å². The predicted octanol–water partition coefficient (Wildman–Crippen LogP) is 1.61. The summed E-state index contributed by atoms with van der Waals surface area (Å²) in [6, 6.07) is 0. The van der Waals surface area contributed by atoms with Gasteiger partial charge in [-0.2, -0.15) is 0 Å². The predicted molar refractivity (Wildman–Crippen MR) is 35.6 cm³/mol. The lowest BCUT2D eigenvalue weighted by Crippen LogP contribution is -2.41. The Morgan fingerprint density at radius 3 is 1.88 bits per heavy atom. The van der Waals surface area contributed by atoms with Crippen molar-refractivity contribution in [3.8, 4) is 0 Å². The molecule has 46 valence electrons. The Bertz CT molecular complexity index is 108. The SMILES string of the molecule is CC(C)(C)N1C=CC1. The van der Waals surface area contributed by atoms with Crippen LogP contribution < -0.4 is 0 Å². The monoisotopic (exact) mass is 111 g/mol. The van der Waals surface area contributed by atoms with E-state index in [0.717, 1.165) is 6.54 Å². The van der Waals surface area contributed by atoms with Crippen molar-refractivity contribution in [1.82, 2.24) is 4.90 Å². The Morgan fingerprint density at radius 2 is 1.88 bits per heavy atom. The van der Waals surface area contributed by atoms with E-state index >= 15 is 0 Å². The molecular weight excluding hydrogens is 98.1 g/mol. The van der Waals surface area contributed by atoms with Crippen molar-refractivity contribution in [1.29, 1.82) is 0 Å². The van der Waals surface area contributed by atoms with Crippen molar-refractivity contribution in [2.75, 3.05) is 6.54 Å². The first-order chi connectivity index (χ1) is 3.61. The topological polar surface area (TPSA) is 3.24 Å². The highest BCUT2D eigenvalue weighted by atomic mass is 15.2. The van der Waals surface area contributed by atoms with Crippen molar-refractivity contribution in [2.24, 2.45) is 0 Å². The number of rotatable bonds is 0. The summed E-state index contributed by atoms with van der Waals surface area (Å²) in [5.41, 5.74) is 0.342. The Balaban J connectivity index is 2.48. The van der Waals surface area contributed by atoms with Crippen LogP contribution in [-0.2, 0) is 0 Å². The second-order valence-corrected chi connectivity index (χ2v) is 3.21. The summed E-state index contributed by atoms with van der Waals surface area (Å²) in [5.74, 6) is 0. The molecule has 0 aromatic heterocycles. The Kier molecular flexibility index (Phi) is 1.07. The average Bonchev–Trinajstić information content (AvgIpc) is 1.16. The number of hydrogen-bond acceptors (Lipinski definition) is 1. The molecule has 0 aromatic rings. The van der Waals surface area contributed by atoms with E-state index in [-0.39, 0.29) is 0 Å². The molecule has 0 spiro atoms. The van der Waals surface area contributed by atoms with Gasteiger partial charge in [-0.05, 0) is 33.0 Å². The molecule has 1 heteroatoms. The summed E-state index contributed by atoms with van der Waals surface area (Å²) in [4.78, 5) is 2.31. The fraction of sp³-hybridized carbons (Fsp3) is 0.714. The molecule has 0 amide bonds. The van der Waals surface area contributed by atoms with Crippen LogP contribution >= 0.6 is 0 Å². The van der Waals surface area contributed by atoms with Crippen LogP contribution in [0.3, 0.4) is 0 Å². The smallest absolute Gasteiger partial charge is 0.0376 e. The van der Waals surface area contributed by atoms with Gasteiger partial charge in [-0.15, -0.1) is 0 Å². The third kappa shape index (κ3) is 0.857.